The monoisotopic (exact) mass is 688 g/mol. The minimum Gasteiger partial charge on any atom is -0.247 e. The van der Waals surface area contributed by atoms with Gasteiger partial charge in [0, 0.05) is 33.0 Å². The first-order valence-electron chi connectivity index (χ1n) is 18.1. The lowest BCUT2D eigenvalue weighted by Crippen LogP contribution is -2.00. The first-order valence-corrected chi connectivity index (χ1v) is 18.1. The van der Waals surface area contributed by atoms with Crippen molar-refractivity contribution in [2.45, 2.75) is 0 Å². The topological polar surface area (TPSA) is 51.6 Å². The fourth-order valence-corrected chi connectivity index (χ4v) is 7.31. The van der Waals surface area contributed by atoms with Gasteiger partial charge in [0.25, 0.3) is 0 Å². The Balaban J connectivity index is 1.02. The normalized spacial score (nSPS) is 11.3. The molecular weight excluding hydrogens is 657 g/mol. The van der Waals surface area contributed by atoms with Crippen LogP contribution < -0.4 is 0 Å². The Bertz CT molecular complexity index is 2960. The lowest BCUT2D eigenvalue weighted by Gasteiger charge is -2.12. The van der Waals surface area contributed by atoms with Crippen LogP contribution in [0.2, 0.25) is 0 Å². The number of aromatic nitrogens is 4. The van der Waals surface area contributed by atoms with E-state index in [4.69, 9.17) is 19.9 Å². The van der Waals surface area contributed by atoms with E-state index in [1.165, 1.54) is 27.1 Å². The molecule has 0 aliphatic carbocycles. The lowest BCUT2D eigenvalue weighted by molar-refractivity contribution is 1.07. The molecule has 0 radical (unpaired) electrons. The zero-order chi connectivity index (χ0) is 35.8. The molecule has 2 aromatic heterocycles. The number of fused-ring (bicyclic) bond motifs is 4. The molecule has 54 heavy (non-hydrogen) atoms. The van der Waals surface area contributed by atoms with Crippen LogP contribution in [0.25, 0.3) is 100 Å². The second-order valence-corrected chi connectivity index (χ2v) is 13.5. The van der Waals surface area contributed by atoms with Crippen LogP contribution >= 0.6 is 0 Å². The summed E-state index contributed by atoms with van der Waals surface area (Å²) in [5, 5.41) is 5.93. The van der Waals surface area contributed by atoms with E-state index in [1.807, 2.05) is 36.4 Å². The fourth-order valence-electron chi connectivity index (χ4n) is 7.31. The van der Waals surface area contributed by atoms with Crippen LogP contribution in [0, 0.1) is 0 Å². The Kier molecular flexibility index (Phi) is 7.77. The minimum atomic E-state index is 0.629. The molecule has 10 rings (SSSR count). The van der Waals surface area contributed by atoms with Crippen molar-refractivity contribution in [2.75, 3.05) is 0 Å². The Hall–Kier alpha value is -7.30. The van der Waals surface area contributed by atoms with Crippen molar-refractivity contribution >= 4 is 32.4 Å². The molecule has 10 aromatic rings. The van der Waals surface area contributed by atoms with E-state index in [9.17, 15) is 0 Å². The molecule has 0 saturated carbocycles. The van der Waals surface area contributed by atoms with Gasteiger partial charge >= 0.3 is 0 Å². The van der Waals surface area contributed by atoms with Crippen molar-refractivity contribution in [1.29, 1.82) is 0 Å². The van der Waals surface area contributed by atoms with E-state index in [2.05, 4.69) is 158 Å². The summed E-state index contributed by atoms with van der Waals surface area (Å²) in [5.74, 6) is 1.90. The molecule has 4 nitrogen and oxygen atoms in total. The number of nitrogens with zero attached hydrogens (tertiary/aromatic N) is 4. The molecule has 0 atom stereocenters. The molecule has 0 saturated heterocycles. The van der Waals surface area contributed by atoms with Crippen LogP contribution in [0.3, 0.4) is 0 Å². The van der Waals surface area contributed by atoms with E-state index in [-0.39, 0.29) is 0 Å². The summed E-state index contributed by atoms with van der Waals surface area (Å²) in [5.41, 5.74) is 10.4. The Morgan fingerprint density at radius 1 is 0.241 bits per heavy atom. The van der Waals surface area contributed by atoms with Gasteiger partial charge in [-0.1, -0.05) is 176 Å². The standard InChI is InChI=1S/C50H32N4/c1-3-12-33(13-4-1)34-24-28-38(29-25-34)49-52-48(37-14-5-2-6-15-37)53-50(54-49)42-19-11-18-39(30-42)35-22-26-36(27-23-35)47-44-21-10-9-20-43(44)45-31-40-16-7-8-17-41(40)32-46(45)51-47/h1-32H. The second-order valence-electron chi connectivity index (χ2n) is 13.5. The van der Waals surface area contributed by atoms with Gasteiger partial charge in [-0.2, -0.15) is 0 Å². The quantitative estimate of drug-likeness (QED) is 0.129. The van der Waals surface area contributed by atoms with Crippen LogP contribution in [0.5, 0.6) is 0 Å². The van der Waals surface area contributed by atoms with Gasteiger partial charge in [-0.3, -0.25) is 0 Å². The van der Waals surface area contributed by atoms with Gasteiger partial charge < -0.3 is 0 Å². The van der Waals surface area contributed by atoms with Crippen LogP contribution in [0.15, 0.2) is 194 Å². The average Bonchev–Trinajstić information content (AvgIpc) is 3.26. The molecule has 0 amide bonds. The summed E-state index contributed by atoms with van der Waals surface area (Å²) in [6.45, 7) is 0. The zero-order valence-electron chi connectivity index (χ0n) is 29.3. The molecule has 0 aliphatic rings. The van der Waals surface area contributed by atoms with Crippen molar-refractivity contribution in [3.8, 4) is 67.7 Å². The SMILES string of the molecule is c1ccc(-c2ccc(-c3nc(-c4ccccc4)nc(-c4cccc(-c5ccc(-c6nc7cc8ccccc8cc7c7ccccc67)cc5)c4)n3)cc2)cc1. The van der Waals surface area contributed by atoms with E-state index < -0.39 is 0 Å². The largest absolute Gasteiger partial charge is 0.247 e. The highest BCUT2D eigenvalue weighted by atomic mass is 15.0. The number of hydrogen-bond donors (Lipinski definition) is 0. The van der Waals surface area contributed by atoms with Gasteiger partial charge in [0.05, 0.1) is 11.2 Å². The van der Waals surface area contributed by atoms with E-state index >= 15 is 0 Å². The van der Waals surface area contributed by atoms with Crippen LogP contribution in [-0.4, -0.2) is 19.9 Å². The third-order valence-corrected chi connectivity index (χ3v) is 10.1. The van der Waals surface area contributed by atoms with Crippen molar-refractivity contribution in [3.63, 3.8) is 0 Å². The molecule has 0 unspecified atom stereocenters. The summed E-state index contributed by atoms with van der Waals surface area (Å²) < 4.78 is 0. The summed E-state index contributed by atoms with van der Waals surface area (Å²) in [6.07, 6.45) is 0. The van der Waals surface area contributed by atoms with Gasteiger partial charge in [-0.15, -0.1) is 0 Å². The van der Waals surface area contributed by atoms with Gasteiger partial charge in [-0.25, -0.2) is 19.9 Å². The lowest BCUT2D eigenvalue weighted by atomic mass is 9.96. The van der Waals surface area contributed by atoms with Gasteiger partial charge in [-0.05, 0) is 56.6 Å². The summed E-state index contributed by atoms with van der Waals surface area (Å²) in [6, 6.07) is 67.6. The first-order chi connectivity index (χ1) is 26.7. The van der Waals surface area contributed by atoms with Gasteiger partial charge in [0.2, 0.25) is 0 Å². The number of rotatable bonds is 6. The Morgan fingerprint density at radius 2 is 0.685 bits per heavy atom. The van der Waals surface area contributed by atoms with Gasteiger partial charge in [0.1, 0.15) is 0 Å². The smallest absolute Gasteiger partial charge is 0.164 e. The highest BCUT2D eigenvalue weighted by molar-refractivity contribution is 6.14. The maximum absolute atomic E-state index is 5.24. The molecule has 0 N–H and O–H groups in total. The molecule has 8 aromatic carbocycles. The van der Waals surface area contributed by atoms with Crippen LogP contribution in [-0.2, 0) is 0 Å². The van der Waals surface area contributed by atoms with Gasteiger partial charge in [0.15, 0.2) is 17.5 Å². The maximum Gasteiger partial charge on any atom is 0.164 e. The van der Waals surface area contributed by atoms with Crippen molar-refractivity contribution < 1.29 is 0 Å². The second kappa shape index (κ2) is 13.4. The summed E-state index contributed by atoms with van der Waals surface area (Å²) >= 11 is 0. The Labute approximate surface area is 313 Å². The number of hydrogen-bond acceptors (Lipinski definition) is 4. The predicted molar refractivity (Wildman–Crippen MR) is 223 cm³/mol. The highest BCUT2D eigenvalue weighted by Crippen LogP contribution is 2.36. The summed E-state index contributed by atoms with van der Waals surface area (Å²) in [7, 11) is 0. The molecule has 0 spiro atoms. The molecule has 2 heterocycles. The number of benzene rings is 8. The van der Waals surface area contributed by atoms with Crippen molar-refractivity contribution in [1.82, 2.24) is 19.9 Å². The van der Waals surface area contributed by atoms with E-state index in [1.54, 1.807) is 0 Å². The van der Waals surface area contributed by atoms with E-state index in [0.29, 0.717) is 17.5 Å². The predicted octanol–water partition coefficient (Wildman–Crippen LogP) is 12.7. The Morgan fingerprint density at radius 3 is 1.37 bits per heavy atom. The van der Waals surface area contributed by atoms with Crippen LogP contribution in [0.4, 0.5) is 0 Å². The molecular formula is C50H32N4. The number of pyridine rings is 1. The average molecular weight is 689 g/mol. The summed E-state index contributed by atoms with van der Waals surface area (Å²) in [4.78, 5) is 20.2. The highest BCUT2D eigenvalue weighted by Gasteiger charge is 2.15. The fraction of sp³-hybridized carbons (Fsp3) is 0. The van der Waals surface area contributed by atoms with Crippen molar-refractivity contribution in [3.05, 3.63) is 194 Å². The molecule has 0 aliphatic heterocycles. The first kappa shape index (κ1) is 31.4. The molecule has 0 bridgehead atoms. The molecule has 4 heteroatoms. The maximum atomic E-state index is 5.24. The van der Waals surface area contributed by atoms with E-state index in [0.717, 1.165) is 55.5 Å². The molecule has 0 fully saturated rings. The minimum absolute atomic E-state index is 0.629. The molecule has 252 valence electrons. The third-order valence-electron chi connectivity index (χ3n) is 10.1. The zero-order valence-corrected chi connectivity index (χ0v) is 29.3. The van der Waals surface area contributed by atoms with Crippen LogP contribution in [0.1, 0.15) is 0 Å². The van der Waals surface area contributed by atoms with Crippen molar-refractivity contribution in [2.24, 2.45) is 0 Å². The third kappa shape index (κ3) is 5.86.